The predicted molar refractivity (Wildman–Crippen MR) is 59.8 cm³/mol. The number of hydrogen-bond donors (Lipinski definition) is 2. The fraction of sp³-hybridized carbons (Fsp3) is 0.889. The summed E-state index contributed by atoms with van der Waals surface area (Å²) >= 11 is 0. The second kappa shape index (κ2) is 7.59. The van der Waals surface area contributed by atoms with Gasteiger partial charge < -0.3 is 15.2 Å². The molecule has 1 unspecified atom stereocenters. The van der Waals surface area contributed by atoms with Gasteiger partial charge in [-0.3, -0.25) is 4.79 Å². The zero-order chi connectivity index (χ0) is 12.6. The van der Waals surface area contributed by atoms with E-state index < -0.39 is 33.4 Å². The maximum Gasteiger partial charge on any atom is 0.321 e. The Morgan fingerprint density at radius 3 is 2.56 bits per heavy atom. The van der Waals surface area contributed by atoms with Gasteiger partial charge in [-0.2, -0.15) is 0 Å². The summed E-state index contributed by atoms with van der Waals surface area (Å²) in [5, 5.41) is 12.2. The van der Waals surface area contributed by atoms with Crippen LogP contribution in [-0.4, -0.2) is 56.8 Å². The number of aliphatic hydroxyl groups excluding tert-OH is 1. The average Bonchev–Trinajstić information content (AvgIpc) is 2.13. The lowest BCUT2D eigenvalue weighted by Crippen LogP contribution is -2.34. The van der Waals surface area contributed by atoms with E-state index in [0.717, 1.165) is 0 Å². The Kier molecular flexibility index (Phi) is 7.27. The van der Waals surface area contributed by atoms with Gasteiger partial charge in [0, 0.05) is 6.54 Å². The summed E-state index contributed by atoms with van der Waals surface area (Å²) in [6, 6.07) is 0. The molecule has 96 valence electrons. The van der Waals surface area contributed by atoms with Crippen molar-refractivity contribution in [1.82, 2.24) is 5.32 Å². The van der Waals surface area contributed by atoms with Crippen molar-refractivity contribution in [3.63, 3.8) is 0 Å². The zero-order valence-corrected chi connectivity index (χ0v) is 10.4. The summed E-state index contributed by atoms with van der Waals surface area (Å²) in [6.07, 6.45) is -1.00. The van der Waals surface area contributed by atoms with E-state index in [-0.39, 0.29) is 13.2 Å². The van der Waals surface area contributed by atoms with Crippen LogP contribution >= 0.6 is 0 Å². The first kappa shape index (κ1) is 15.3. The van der Waals surface area contributed by atoms with Crippen LogP contribution in [0.3, 0.4) is 0 Å². The number of rotatable bonds is 8. The molecule has 2 N–H and O–H groups in total. The van der Waals surface area contributed by atoms with Crippen LogP contribution in [0.4, 0.5) is 0 Å². The molecule has 0 saturated carbocycles. The summed E-state index contributed by atoms with van der Waals surface area (Å²) < 4.78 is 27.3. The molecular formula is C9H19NO5S. The highest BCUT2D eigenvalue weighted by Gasteiger charge is 2.21. The first-order valence-electron chi connectivity index (χ1n) is 5.16. The minimum Gasteiger partial charge on any atom is -0.465 e. The maximum absolute atomic E-state index is 11.4. The molecule has 0 aromatic carbocycles. The minimum atomic E-state index is -3.60. The number of esters is 1. The van der Waals surface area contributed by atoms with Gasteiger partial charge in [-0.1, -0.05) is 6.92 Å². The third-order valence-corrected chi connectivity index (χ3v) is 3.29. The number of sulfone groups is 1. The molecule has 0 aromatic rings. The van der Waals surface area contributed by atoms with Crippen molar-refractivity contribution in [3.8, 4) is 0 Å². The number of carbonyl (C=O) groups excluding carboxylic acids is 1. The number of hydrogen-bond acceptors (Lipinski definition) is 6. The van der Waals surface area contributed by atoms with E-state index in [1.54, 1.807) is 6.92 Å². The zero-order valence-electron chi connectivity index (χ0n) is 9.60. The third-order valence-electron chi connectivity index (χ3n) is 1.72. The van der Waals surface area contributed by atoms with Crippen LogP contribution in [0.2, 0.25) is 0 Å². The smallest absolute Gasteiger partial charge is 0.321 e. The molecule has 0 aromatic heterocycles. The largest absolute Gasteiger partial charge is 0.465 e. The fourth-order valence-corrected chi connectivity index (χ4v) is 2.37. The lowest BCUT2D eigenvalue weighted by Gasteiger charge is -2.10. The number of ether oxygens (including phenoxy) is 1. The first-order valence-corrected chi connectivity index (χ1v) is 6.98. The highest BCUT2D eigenvalue weighted by atomic mass is 32.2. The number of likely N-dealkylation sites (N-methyl/N-ethyl adjacent to an activating group) is 1. The molecule has 0 rings (SSSR count). The molecule has 0 bridgehead atoms. The number of carbonyl (C=O) groups is 1. The van der Waals surface area contributed by atoms with Crippen molar-refractivity contribution in [1.29, 1.82) is 0 Å². The monoisotopic (exact) mass is 253 g/mol. The minimum absolute atomic E-state index is 0.147. The molecule has 0 aliphatic carbocycles. The van der Waals surface area contributed by atoms with Crippen molar-refractivity contribution in [2.24, 2.45) is 0 Å². The van der Waals surface area contributed by atoms with E-state index >= 15 is 0 Å². The number of nitrogens with one attached hydrogen (secondary N) is 1. The Morgan fingerprint density at radius 1 is 1.44 bits per heavy atom. The summed E-state index contributed by atoms with van der Waals surface area (Å²) in [5.74, 6) is -1.89. The maximum atomic E-state index is 11.4. The molecule has 0 aliphatic rings. The van der Waals surface area contributed by atoms with Gasteiger partial charge in [-0.05, 0) is 13.5 Å². The average molecular weight is 253 g/mol. The second-order valence-electron chi connectivity index (χ2n) is 3.32. The van der Waals surface area contributed by atoms with E-state index in [1.165, 1.54) is 0 Å². The van der Waals surface area contributed by atoms with Crippen LogP contribution in [0.15, 0.2) is 0 Å². The van der Waals surface area contributed by atoms with Gasteiger partial charge in [-0.15, -0.1) is 0 Å². The number of aliphatic hydroxyl groups is 1. The standard InChI is InChI=1S/C9H19NO5S/c1-3-10-5-8(11)6-16(13,14)7-9(12)15-4-2/h8,10-11H,3-7H2,1-2H3. The van der Waals surface area contributed by atoms with E-state index in [9.17, 15) is 18.3 Å². The molecule has 1 atom stereocenters. The summed E-state index contributed by atoms with van der Waals surface area (Å²) in [7, 11) is -3.60. The van der Waals surface area contributed by atoms with Crippen molar-refractivity contribution in [3.05, 3.63) is 0 Å². The Labute approximate surface area is 95.9 Å². The molecule has 0 fully saturated rings. The molecule has 6 nitrogen and oxygen atoms in total. The highest BCUT2D eigenvalue weighted by molar-refractivity contribution is 7.92. The van der Waals surface area contributed by atoms with Gasteiger partial charge in [0.15, 0.2) is 9.84 Å². The molecule has 0 spiro atoms. The van der Waals surface area contributed by atoms with Crippen LogP contribution < -0.4 is 5.32 Å². The Bertz CT molecular complexity index is 301. The van der Waals surface area contributed by atoms with E-state index in [2.05, 4.69) is 10.1 Å². The van der Waals surface area contributed by atoms with Crippen molar-refractivity contribution in [2.75, 3.05) is 31.2 Å². The fourth-order valence-electron chi connectivity index (χ4n) is 1.10. The SMILES string of the molecule is CCNCC(O)CS(=O)(=O)CC(=O)OCC. The summed E-state index contributed by atoms with van der Waals surface area (Å²) in [4.78, 5) is 11.0. The molecule has 0 heterocycles. The normalized spacial score (nSPS) is 13.4. The molecule has 16 heavy (non-hydrogen) atoms. The van der Waals surface area contributed by atoms with Gasteiger partial charge in [0.2, 0.25) is 0 Å². The van der Waals surface area contributed by atoms with Crippen molar-refractivity contribution >= 4 is 15.8 Å². The van der Waals surface area contributed by atoms with Crippen LogP contribution in [0.1, 0.15) is 13.8 Å². The van der Waals surface area contributed by atoms with Crippen molar-refractivity contribution in [2.45, 2.75) is 20.0 Å². The van der Waals surface area contributed by atoms with E-state index in [1.807, 2.05) is 6.92 Å². The van der Waals surface area contributed by atoms with Gasteiger partial charge in [-0.25, -0.2) is 8.42 Å². The lowest BCUT2D eigenvalue weighted by molar-refractivity contribution is -0.139. The molecule has 7 heteroatoms. The van der Waals surface area contributed by atoms with Crippen molar-refractivity contribution < 1.29 is 23.1 Å². The Hall–Kier alpha value is -0.660. The molecule has 0 saturated heterocycles. The first-order chi connectivity index (χ1) is 7.41. The van der Waals surface area contributed by atoms with Crippen LogP contribution in [0.5, 0.6) is 0 Å². The van der Waals surface area contributed by atoms with Crippen LogP contribution in [-0.2, 0) is 19.4 Å². The topological polar surface area (TPSA) is 92.7 Å². The molecule has 0 amide bonds. The van der Waals surface area contributed by atoms with Gasteiger partial charge in [0.05, 0.1) is 18.5 Å². The van der Waals surface area contributed by atoms with E-state index in [4.69, 9.17) is 0 Å². The quantitative estimate of drug-likeness (QED) is 0.535. The molecule has 0 radical (unpaired) electrons. The second-order valence-corrected chi connectivity index (χ2v) is 5.43. The van der Waals surface area contributed by atoms with E-state index in [0.29, 0.717) is 6.54 Å². The molecule has 0 aliphatic heterocycles. The Morgan fingerprint density at radius 2 is 2.06 bits per heavy atom. The van der Waals surface area contributed by atoms with Crippen LogP contribution in [0.25, 0.3) is 0 Å². The summed E-state index contributed by atoms with van der Waals surface area (Å²) in [6.45, 7) is 4.44. The van der Waals surface area contributed by atoms with Crippen LogP contribution in [0, 0.1) is 0 Å². The van der Waals surface area contributed by atoms with Gasteiger partial charge in [0.25, 0.3) is 0 Å². The summed E-state index contributed by atoms with van der Waals surface area (Å²) in [5.41, 5.74) is 0. The lowest BCUT2D eigenvalue weighted by atomic mass is 10.4. The van der Waals surface area contributed by atoms with Gasteiger partial charge >= 0.3 is 5.97 Å². The third kappa shape index (κ3) is 7.61. The predicted octanol–water partition coefficient (Wildman–Crippen LogP) is -1.07. The highest BCUT2D eigenvalue weighted by Crippen LogP contribution is 1.96. The Balaban J connectivity index is 4.09. The van der Waals surface area contributed by atoms with Gasteiger partial charge in [0.1, 0.15) is 5.75 Å². The molecular weight excluding hydrogens is 234 g/mol.